The van der Waals surface area contributed by atoms with Gasteiger partial charge in [0.15, 0.2) is 0 Å². The first kappa shape index (κ1) is 14.3. The first-order chi connectivity index (χ1) is 9.32. The monoisotopic (exact) mass is 302 g/mol. The molecule has 1 amide bonds. The molecule has 3 fully saturated rings. The third kappa shape index (κ3) is 2.35. The van der Waals surface area contributed by atoms with Crippen LogP contribution in [0.15, 0.2) is 0 Å². The predicted molar refractivity (Wildman–Crippen MR) is 73.6 cm³/mol. The summed E-state index contributed by atoms with van der Waals surface area (Å²) in [5.74, 6) is 0.460. The van der Waals surface area contributed by atoms with Crippen LogP contribution in [-0.4, -0.2) is 68.2 Å². The second kappa shape index (κ2) is 4.68. The van der Waals surface area contributed by atoms with Crippen molar-refractivity contribution in [3.05, 3.63) is 0 Å². The molecule has 2 heterocycles. The van der Waals surface area contributed by atoms with Gasteiger partial charge in [0.05, 0.1) is 30.9 Å². The maximum Gasteiger partial charge on any atom is 0.228 e. The van der Waals surface area contributed by atoms with E-state index in [4.69, 9.17) is 4.74 Å². The number of ether oxygens (including phenoxy) is 1. The highest BCUT2D eigenvalue weighted by molar-refractivity contribution is 7.88. The summed E-state index contributed by atoms with van der Waals surface area (Å²) in [6.45, 7) is 4.57. The Morgan fingerprint density at radius 3 is 2.50 bits per heavy atom. The third-order valence-electron chi connectivity index (χ3n) is 4.86. The number of nitrogens with zero attached hydrogens (tertiary/aromatic N) is 2. The highest BCUT2D eigenvalue weighted by Gasteiger charge is 2.51. The highest BCUT2D eigenvalue weighted by atomic mass is 32.2. The molecule has 0 radical (unpaired) electrons. The summed E-state index contributed by atoms with van der Waals surface area (Å²) in [7, 11) is -3.16. The van der Waals surface area contributed by atoms with Gasteiger partial charge in [0, 0.05) is 19.6 Å². The molecule has 2 aliphatic heterocycles. The zero-order valence-electron chi connectivity index (χ0n) is 12.0. The first-order valence-corrected chi connectivity index (χ1v) is 9.01. The molecule has 1 unspecified atom stereocenters. The van der Waals surface area contributed by atoms with Gasteiger partial charge in [-0.2, -0.15) is 0 Å². The van der Waals surface area contributed by atoms with Crippen LogP contribution in [0.1, 0.15) is 19.8 Å². The molecule has 0 aromatic rings. The Bertz CT molecular complexity index is 510. The van der Waals surface area contributed by atoms with E-state index in [-0.39, 0.29) is 17.4 Å². The van der Waals surface area contributed by atoms with Crippen molar-refractivity contribution in [1.82, 2.24) is 9.21 Å². The van der Waals surface area contributed by atoms with E-state index in [1.807, 2.05) is 4.90 Å². The van der Waals surface area contributed by atoms with Crippen LogP contribution in [0.5, 0.6) is 0 Å². The summed E-state index contributed by atoms with van der Waals surface area (Å²) in [5, 5.41) is 0. The molecule has 1 atom stereocenters. The fourth-order valence-corrected chi connectivity index (χ4v) is 4.16. The van der Waals surface area contributed by atoms with E-state index >= 15 is 0 Å². The minimum atomic E-state index is -3.16. The van der Waals surface area contributed by atoms with Crippen LogP contribution >= 0.6 is 0 Å². The second-order valence-electron chi connectivity index (χ2n) is 6.45. The number of amides is 1. The maximum absolute atomic E-state index is 12.6. The lowest BCUT2D eigenvalue weighted by atomic mass is 9.90. The molecule has 20 heavy (non-hydrogen) atoms. The van der Waals surface area contributed by atoms with Gasteiger partial charge in [-0.15, -0.1) is 0 Å². The number of hydrogen-bond donors (Lipinski definition) is 0. The van der Waals surface area contributed by atoms with E-state index in [1.54, 1.807) is 0 Å². The number of morpholine rings is 1. The van der Waals surface area contributed by atoms with Gasteiger partial charge >= 0.3 is 0 Å². The molecular formula is C13H22N2O4S. The maximum atomic E-state index is 12.6. The summed E-state index contributed by atoms with van der Waals surface area (Å²) < 4.78 is 29.7. The third-order valence-corrected chi connectivity index (χ3v) is 6.10. The number of rotatable bonds is 3. The molecule has 114 valence electrons. The van der Waals surface area contributed by atoms with E-state index in [9.17, 15) is 13.2 Å². The molecule has 3 rings (SSSR count). The average Bonchev–Trinajstić information content (AvgIpc) is 3.08. The molecule has 1 saturated carbocycles. The Hall–Kier alpha value is -0.660. The lowest BCUT2D eigenvalue weighted by Gasteiger charge is -2.48. The van der Waals surface area contributed by atoms with E-state index in [1.165, 1.54) is 10.6 Å². The quantitative estimate of drug-likeness (QED) is 0.730. The molecule has 0 bridgehead atoms. The van der Waals surface area contributed by atoms with Crippen LogP contribution in [0, 0.1) is 11.8 Å². The summed E-state index contributed by atoms with van der Waals surface area (Å²) >= 11 is 0. The van der Waals surface area contributed by atoms with Crippen LogP contribution < -0.4 is 0 Å². The van der Waals surface area contributed by atoms with Crippen molar-refractivity contribution in [3.8, 4) is 0 Å². The number of sulfonamides is 1. The number of carbonyl (C=O) groups is 1. The van der Waals surface area contributed by atoms with Crippen molar-refractivity contribution in [1.29, 1.82) is 0 Å². The summed E-state index contributed by atoms with van der Waals surface area (Å²) in [5.41, 5.74) is -0.194. The van der Waals surface area contributed by atoms with Crippen LogP contribution in [-0.2, 0) is 19.6 Å². The normalized spacial score (nSPS) is 33.0. The van der Waals surface area contributed by atoms with Gasteiger partial charge < -0.3 is 9.64 Å². The molecule has 0 spiro atoms. The lowest BCUT2D eigenvalue weighted by Crippen LogP contribution is -2.64. The highest BCUT2D eigenvalue weighted by Crippen LogP contribution is 2.45. The smallest absolute Gasteiger partial charge is 0.228 e. The molecule has 0 N–H and O–H groups in total. The minimum absolute atomic E-state index is 0.0996. The molecule has 2 saturated heterocycles. The van der Waals surface area contributed by atoms with Crippen molar-refractivity contribution in [3.63, 3.8) is 0 Å². The largest absolute Gasteiger partial charge is 0.377 e. The summed E-state index contributed by atoms with van der Waals surface area (Å²) in [4.78, 5) is 14.6. The molecule has 7 heteroatoms. The van der Waals surface area contributed by atoms with Gasteiger partial charge in [-0.05, 0) is 25.7 Å². The van der Waals surface area contributed by atoms with Crippen molar-refractivity contribution in [2.24, 2.45) is 11.8 Å². The Kier molecular flexibility index (Phi) is 3.34. The lowest BCUT2D eigenvalue weighted by molar-refractivity contribution is -0.157. The molecular weight excluding hydrogens is 280 g/mol. The van der Waals surface area contributed by atoms with Crippen molar-refractivity contribution >= 4 is 15.9 Å². The van der Waals surface area contributed by atoms with Crippen LogP contribution in [0.25, 0.3) is 0 Å². The molecule has 1 aliphatic carbocycles. The summed E-state index contributed by atoms with van der Waals surface area (Å²) in [6, 6.07) is 0. The van der Waals surface area contributed by atoms with Gasteiger partial charge in [0.2, 0.25) is 15.9 Å². The Balaban J connectivity index is 1.68. The molecule has 6 nitrogen and oxygen atoms in total. The van der Waals surface area contributed by atoms with Crippen LogP contribution in [0.3, 0.4) is 0 Å². The second-order valence-corrected chi connectivity index (χ2v) is 8.43. The Morgan fingerprint density at radius 1 is 1.30 bits per heavy atom. The molecule has 0 aromatic heterocycles. The Morgan fingerprint density at radius 2 is 1.95 bits per heavy atom. The fourth-order valence-electron chi connectivity index (χ4n) is 3.26. The van der Waals surface area contributed by atoms with Crippen LogP contribution in [0.2, 0.25) is 0 Å². The van der Waals surface area contributed by atoms with Gasteiger partial charge in [-0.3, -0.25) is 4.79 Å². The van der Waals surface area contributed by atoms with Gasteiger partial charge in [0.25, 0.3) is 0 Å². The minimum Gasteiger partial charge on any atom is -0.377 e. The van der Waals surface area contributed by atoms with Crippen LogP contribution in [0.4, 0.5) is 0 Å². The zero-order valence-corrected chi connectivity index (χ0v) is 12.9. The van der Waals surface area contributed by atoms with Crippen molar-refractivity contribution < 1.29 is 17.9 Å². The van der Waals surface area contributed by atoms with Gasteiger partial charge in [0.1, 0.15) is 0 Å². The van der Waals surface area contributed by atoms with Crippen molar-refractivity contribution in [2.75, 3.05) is 39.1 Å². The van der Waals surface area contributed by atoms with E-state index in [2.05, 4.69) is 6.92 Å². The van der Waals surface area contributed by atoms with E-state index in [0.717, 1.165) is 12.8 Å². The fraction of sp³-hybridized carbons (Fsp3) is 0.923. The SMILES string of the molecule is CC1(C2CC2)COCCN1C(=O)C1CN(S(C)(=O)=O)C1. The van der Waals surface area contributed by atoms with Gasteiger partial charge in [-0.25, -0.2) is 12.7 Å². The van der Waals surface area contributed by atoms with Gasteiger partial charge in [-0.1, -0.05) is 0 Å². The topological polar surface area (TPSA) is 66.9 Å². The Labute approximate surface area is 120 Å². The molecule has 3 aliphatic rings. The van der Waals surface area contributed by atoms with E-state index < -0.39 is 10.0 Å². The standard InChI is InChI=1S/C13H22N2O4S/c1-13(11-3-4-11)9-19-6-5-15(13)12(16)10-7-14(8-10)20(2,17)18/h10-11H,3-9H2,1-2H3. The summed E-state index contributed by atoms with van der Waals surface area (Å²) in [6.07, 6.45) is 3.50. The average molecular weight is 302 g/mol. The zero-order chi connectivity index (χ0) is 14.5. The van der Waals surface area contributed by atoms with Crippen molar-refractivity contribution in [2.45, 2.75) is 25.3 Å². The molecule has 0 aromatic carbocycles. The predicted octanol–water partition coefficient (Wildman–Crippen LogP) is -0.0947. The van der Waals surface area contributed by atoms with E-state index in [0.29, 0.717) is 38.8 Å². The number of carbonyl (C=O) groups excluding carboxylic acids is 1. The first-order valence-electron chi connectivity index (χ1n) is 7.17. The number of hydrogen-bond acceptors (Lipinski definition) is 4.